The van der Waals surface area contributed by atoms with Crippen LogP contribution in [-0.4, -0.2) is 0 Å². The second-order valence-electron chi connectivity index (χ2n) is 12.1. The van der Waals surface area contributed by atoms with Gasteiger partial charge in [0, 0.05) is 42.8 Å². The molecule has 0 fully saturated rings. The summed E-state index contributed by atoms with van der Waals surface area (Å²) < 4.78 is 2.56. The Bertz CT molecular complexity index is 2500. The SMILES string of the molecule is c1ccc(-c2ccccc2N(c2ccccc2)c2c(N(c3ccccc3)c3ccccc3)ccc3sc4c5ccccc5ccc4c23)cc1. The standard InChI is InChI=1S/C46H32N2S/c1-5-17-33(18-6-1)38-26-15-16-28-41(38)48(37-24-11-4-12-25-37)45-42(47(35-20-7-2-8-21-35)36-22-9-3-10-23-36)31-32-43-44(45)40-30-29-34-19-13-14-27-39(34)46(40)49-43/h1-32H. The Morgan fingerprint density at radius 3 is 1.59 bits per heavy atom. The van der Waals surface area contributed by atoms with Gasteiger partial charge < -0.3 is 9.80 Å². The third kappa shape index (κ3) is 5.12. The van der Waals surface area contributed by atoms with Crippen LogP contribution in [0.1, 0.15) is 0 Å². The van der Waals surface area contributed by atoms with Crippen LogP contribution in [0.3, 0.4) is 0 Å². The fourth-order valence-corrected chi connectivity index (χ4v) is 8.29. The number of hydrogen-bond donors (Lipinski definition) is 0. The largest absolute Gasteiger partial charge is 0.308 e. The average molecular weight is 645 g/mol. The van der Waals surface area contributed by atoms with E-state index in [0.29, 0.717) is 0 Å². The third-order valence-electron chi connectivity index (χ3n) is 9.22. The molecule has 49 heavy (non-hydrogen) atoms. The predicted molar refractivity (Wildman–Crippen MR) is 212 cm³/mol. The highest BCUT2D eigenvalue weighted by Crippen LogP contribution is 2.54. The van der Waals surface area contributed by atoms with E-state index in [1.54, 1.807) is 0 Å². The lowest BCUT2D eigenvalue weighted by atomic mass is 9.99. The van der Waals surface area contributed by atoms with Crippen molar-refractivity contribution in [3.63, 3.8) is 0 Å². The van der Waals surface area contributed by atoms with Gasteiger partial charge in [0.2, 0.25) is 0 Å². The predicted octanol–water partition coefficient (Wildman–Crippen LogP) is 13.8. The van der Waals surface area contributed by atoms with Gasteiger partial charge >= 0.3 is 0 Å². The van der Waals surface area contributed by atoms with Crippen LogP contribution in [0, 0.1) is 0 Å². The summed E-state index contributed by atoms with van der Waals surface area (Å²) in [6, 6.07) is 69.8. The van der Waals surface area contributed by atoms with E-state index < -0.39 is 0 Å². The first kappa shape index (κ1) is 29.0. The van der Waals surface area contributed by atoms with Crippen LogP contribution >= 0.6 is 11.3 Å². The minimum atomic E-state index is 1.10. The van der Waals surface area contributed by atoms with E-state index >= 15 is 0 Å². The molecule has 0 radical (unpaired) electrons. The Balaban J connectivity index is 1.46. The number of anilines is 6. The fraction of sp³-hybridized carbons (Fsp3) is 0. The maximum absolute atomic E-state index is 2.49. The van der Waals surface area contributed by atoms with Crippen LogP contribution in [0.5, 0.6) is 0 Å². The quantitative estimate of drug-likeness (QED) is 0.170. The molecule has 8 aromatic carbocycles. The zero-order chi connectivity index (χ0) is 32.6. The molecule has 0 amide bonds. The lowest BCUT2D eigenvalue weighted by molar-refractivity contribution is 1.24. The van der Waals surface area contributed by atoms with Gasteiger partial charge in [0.05, 0.1) is 17.1 Å². The van der Waals surface area contributed by atoms with Crippen molar-refractivity contribution < 1.29 is 0 Å². The van der Waals surface area contributed by atoms with E-state index in [1.807, 2.05) is 11.3 Å². The van der Waals surface area contributed by atoms with E-state index in [2.05, 4.69) is 204 Å². The number of rotatable bonds is 7. The summed E-state index contributed by atoms with van der Waals surface area (Å²) in [7, 11) is 0. The molecule has 232 valence electrons. The molecule has 0 spiro atoms. The highest BCUT2D eigenvalue weighted by atomic mass is 32.1. The van der Waals surface area contributed by atoms with Gasteiger partial charge in [-0.15, -0.1) is 11.3 Å². The molecule has 1 heterocycles. The first-order chi connectivity index (χ1) is 24.3. The van der Waals surface area contributed by atoms with Crippen molar-refractivity contribution in [1.29, 1.82) is 0 Å². The molecule has 0 saturated carbocycles. The molecular formula is C46H32N2S. The summed E-state index contributed by atoms with van der Waals surface area (Å²) in [5.74, 6) is 0. The molecule has 0 aliphatic heterocycles. The van der Waals surface area contributed by atoms with Crippen LogP contribution in [0.2, 0.25) is 0 Å². The van der Waals surface area contributed by atoms with Crippen molar-refractivity contribution in [1.82, 2.24) is 0 Å². The van der Waals surface area contributed by atoms with Crippen molar-refractivity contribution in [3.05, 3.63) is 194 Å². The molecule has 3 heteroatoms. The van der Waals surface area contributed by atoms with Crippen molar-refractivity contribution in [2.75, 3.05) is 9.80 Å². The van der Waals surface area contributed by atoms with E-state index in [4.69, 9.17) is 0 Å². The van der Waals surface area contributed by atoms with Gasteiger partial charge in [-0.1, -0.05) is 140 Å². The van der Waals surface area contributed by atoms with Gasteiger partial charge in [-0.05, 0) is 70.9 Å². The molecule has 9 aromatic rings. The second-order valence-corrected chi connectivity index (χ2v) is 13.2. The molecule has 1 aromatic heterocycles. The second kappa shape index (κ2) is 12.5. The number of hydrogen-bond acceptors (Lipinski definition) is 3. The number of fused-ring (bicyclic) bond motifs is 5. The Morgan fingerprint density at radius 2 is 0.918 bits per heavy atom. The lowest BCUT2D eigenvalue weighted by Gasteiger charge is -2.34. The van der Waals surface area contributed by atoms with Crippen LogP contribution in [0.4, 0.5) is 34.1 Å². The summed E-state index contributed by atoms with van der Waals surface area (Å²) in [5.41, 5.74) is 9.01. The molecule has 2 nitrogen and oxygen atoms in total. The number of nitrogens with zero attached hydrogens (tertiary/aromatic N) is 2. The molecule has 0 unspecified atom stereocenters. The highest BCUT2D eigenvalue weighted by Gasteiger charge is 2.28. The summed E-state index contributed by atoms with van der Waals surface area (Å²) >= 11 is 1.88. The summed E-state index contributed by atoms with van der Waals surface area (Å²) in [6.07, 6.45) is 0. The first-order valence-electron chi connectivity index (χ1n) is 16.6. The van der Waals surface area contributed by atoms with Gasteiger partial charge in [0.15, 0.2) is 0 Å². The lowest BCUT2D eigenvalue weighted by Crippen LogP contribution is -2.17. The topological polar surface area (TPSA) is 6.48 Å². The average Bonchev–Trinajstić information content (AvgIpc) is 3.57. The first-order valence-corrected chi connectivity index (χ1v) is 17.4. The maximum Gasteiger partial charge on any atom is 0.0796 e. The smallest absolute Gasteiger partial charge is 0.0796 e. The fourth-order valence-electron chi connectivity index (χ4n) is 7.05. The zero-order valence-corrected chi connectivity index (χ0v) is 27.6. The molecule has 0 atom stereocenters. The van der Waals surface area contributed by atoms with E-state index in [9.17, 15) is 0 Å². The van der Waals surface area contributed by atoms with E-state index in [-0.39, 0.29) is 0 Å². The minimum Gasteiger partial charge on any atom is -0.308 e. The van der Waals surface area contributed by atoms with Gasteiger partial charge in [0.25, 0.3) is 0 Å². The van der Waals surface area contributed by atoms with Crippen molar-refractivity contribution in [2.45, 2.75) is 0 Å². The van der Waals surface area contributed by atoms with Gasteiger partial charge in [-0.25, -0.2) is 0 Å². The summed E-state index contributed by atoms with van der Waals surface area (Å²) in [6.45, 7) is 0. The van der Waals surface area contributed by atoms with Crippen LogP contribution < -0.4 is 9.80 Å². The Hall–Kier alpha value is -6.16. The summed E-state index contributed by atoms with van der Waals surface area (Å²) in [5, 5.41) is 5.04. The molecule has 0 aliphatic carbocycles. The molecule has 0 bridgehead atoms. The van der Waals surface area contributed by atoms with Gasteiger partial charge in [-0.2, -0.15) is 0 Å². The number of para-hydroxylation sites is 4. The number of benzene rings is 8. The molecular weight excluding hydrogens is 613 g/mol. The van der Waals surface area contributed by atoms with Crippen LogP contribution in [0.15, 0.2) is 194 Å². The Kier molecular flexibility index (Phi) is 7.38. The molecule has 9 rings (SSSR count). The molecule has 0 N–H and O–H groups in total. The van der Waals surface area contributed by atoms with Crippen molar-refractivity contribution >= 4 is 76.4 Å². The van der Waals surface area contributed by atoms with E-state index in [1.165, 1.54) is 42.1 Å². The Labute approximate surface area is 290 Å². The summed E-state index contributed by atoms with van der Waals surface area (Å²) in [4.78, 5) is 4.89. The van der Waals surface area contributed by atoms with Crippen molar-refractivity contribution in [2.24, 2.45) is 0 Å². The maximum atomic E-state index is 2.49. The third-order valence-corrected chi connectivity index (χ3v) is 10.4. The van der Waals surface area contributed by atoms with Gasteiger partial charge in [0.1, 0.15) is 0 Å². The van der Waals surface area contributed by atoms with E-state index in [0.717, 1.165) is 34.1 Å². The monoisotopic (exact) mass is 644 g/mol. The normalized spacial score (nSPS) is 11.3. The number of thiophene rings is 1. The van der Waals surface area contributed by atoms with Crippen LogP contribution in [-0.2, 0) is 0 Å². The highest BCUT2D eigenvalue weighted by molar-refractivity contribution is 7.26. The molecule has 0 aliphatic rings. The zero-order valence-electron chi connectivity index (χ0n) is 26.8. The van der Waals surface area contributed by atoms with Gasteiger partial charge in [-0.3, -0.25) is 0 Å². The van der Waals surface area contributed by atoms with Crippen LogP contribution in [0.25, 0.3) is 42.1 Å². The minimum absolute atomic E-state index is 1.10. The molecule has 0 saturated heterocycles. The van der Waals surface area contributed by atoms with Crippen molar-refractivity contribution in [3.8, 4) is 11.1 Å². The Morgan fingerprint density at radius 1 is 0.367 bits per heavy atom.